The lowest BCUT2D eigenvalue weighted by molar-refractivity contribution is 0.0898. The average molecular weight is 279 g/mol. The third-order valence-corrected chi connectivity index (χ3v) is 4.19. The first-order valence-corrected chi connectivity index (χ1v) is 7.60. The van der Waals surface area contributed by atoms with E-state index in [1.54, 1.807) is 10.9 Å². The van der Waals surface area contributed by atoms with Gasteiger partial charge in [-0.3, -0.25) is 9.48 Å². The summed E-state index contributed by atoms with van der Waals surface area (Å²) in [6.07, 6.45) is 7.93. The molecule has 1 aliphatic carbocycles. The molecule has 2 N–H and O–H groups in total. The van der Waals surface area contributed by atoms with E-state index >= 15 is 0 Å². The van der Waals surface area contributed by atoms with E-state index in [9.17, 15) is 9.90 Å². The number of aliphatic hydroxyl groups is 1. The highest BCUT2D eigenvalue weighted by Gasteiger charge is 2.26. The molecule has 0 aliphatic heterocycles. The molecule has 0 spiro atoms. The van der Waals surface area contributed by atoms with Gasteiger partial charge in [-0.1, -0.05) is 26.2 Å². The van der Waals surface area contributed by atoms with Gasteiger partial charge in [-0.15, -0.1) is 0 Å². The van der Waals surface area contributed by atoms with Crippen LogP contribution in [-0.2, 0) is 13.5 Å². The summed E-state index contributed by atoms with van der Waals surface area (Å²) >= 11 is 0. The number of nitrogens with one attached hydrogen (secondary N) is 1. The van der Waals surface area contributed by atoms with E-state index < -0.39 is 0 Å². The van der Waals surface area contributed by atoms with E-state index in [1.807, 2.05) is 14.0 Å². The van der Waals surface area contributed by atoms with Gasteiger partial charge in [-0.25, -0.2) is 0 Å². The number of nitrogens with zero attached hydrogens (tertiary/aromatic N) is 2. The molecule has 1 aromatic rings. The smallest absolute Gasteiger partial charge is 0.254 e. The molecule has 0 radical (unpaired) electrons. The highest BCUT2D eigenvalue weighted by Crippen LogP contribution is 2.23. The van der Waals surface area contributed by atoms with Crippen LogP contribution in [0.2, 0.25) is 0 Å². The average Bonchev–Trinajstić information content (AvgIpc) is 2.68. The van der Waals surface area contributed by atoms with Gasteiger partial charge in [-0.2, -0.15) is 5.10 Å². The molecule has 0 saturated heterocycles. The first-order chi connectivity index (χ1) is 9.65. The van der Waals surface area contributed by atoms with E-state index in [0.717, 1.165) is 37.8 Å². The van der Waals surface area contributed by atoms with Crippen LogP contribution in [0.15, 0.2) is 6.20 Å². The van der Waals surface area contributed by atoms with Gasteiger partial charge in [0.15, 0.2) is 0 Å². The van der Waals surface area contributed by atoms with E-state index in [2.05, 4.69) is 10.4 Å². The van der Waals surface area contributed by atoms with Crippen molar-refractivity contribution < 1.29 is 9.90 Å². The lowest BCUT2D eigenvalue weighted by Gasteiger charge is -2.24. The van der Waals surface area contributed by atoms with E-state index in [1.165, 1.54) is 6.42 Å². The third-order valence-electron chi connectivity index (χ3n) is 4.19. The Hall–Kier alpha value is -1.36. The number of aliphatic hydroxyl groups excluding tert-OH is 1. The van der Waals surface area contributed by atoms with Crippen molar-refractivity contribution in [2.45, 2.75) is 51.5 Å². The van der Waals surface area contributed by atoms with Crippen molar-refractivity contribution in [1.29, 1.82) is 0 Å². The van der Waals surface area contributed by atoms with Crippen LogP contribution in [-0.4, -0.2) is 33.4 Å². The quantitative estimate of drug-likeness (QED) is 0.824. The van der Waals surface area contributed by atoms with Gasteiger partial charge in [0.1, 0.15) is 0 Å². The molecular formula is C15H25N3O2. The van der Waals surface area contributed by atoms with Crippen LogP contribution in [0.25, 0.3) is 0 Å². The Morgan fingerprint density at radius 1 is 1.45 bits per heavy atom. The Kier molecular flexibility index (Phi) is 5.17. The Morgan fingerprint density at radius 3 is 2.90 bits per heavy atom. The van der Waals surface area contributed by atoms with Gasteiger partial charge in [0.25, 0.3) is 5.91 Å². The van der Waals surface area contributed by atoms with Crippen LogP contribution in [0.4, 0.5) is 0 Å². The minimum atomic E-state index is -0.0553. The summed E-state index contributed by atoms with van der Waals surface area (Å²) in [5.41, 5.74) is 1.50. The fourth-order valence-corrected chi connectivity index (χ4v) is 3.02. The first kappa shape index (κ1) is 15.0. The van der Waals surface area contributed by atoms with Crippen LogP contribution in [0, 0.1) is 5.92 Å². The molecule has 5 nitrogen and oxygen atoms in total. The molecule has 0 aromatic carbocycles. The number of rotatable bonds is 4. The standard InChI is InChI=1S/C15H25N3O2/c1-3-13-12(9-18(2)17-13)15(20)16-14-8-6-4-5-7-11(14)10-19/h9,11,14,19H,3-8,10H2,1-2H3,(H,16,20). The summed E-state index contributed by atoms with van der Waals surface area (Å²) in [6, 6.07) is 0.0833. The van der Waals surface area contributed by atoms with E-state index in [-0.39, 0.29) is 24.5 Å². The van der Waals surface area contributed by atoms with E-state index in [4.69, 9.17) is 0 Å². The topological polar surface area (TPSA) is 67.2 Å². The molecule has 2 rings (SSSR count). The van der Waals surface area contributed by atoms with Gasteiger partial charge in [0.2, 0.25) is 0 Å². The van der Waals surface area contributed by atoms with Gasteiger partial charge in [0, 0.05) is 31.8 Å². The van der Waals surface area contributed by atoms with Crippen molar-refractivity contribution in [3.63, 3.8) is 0 Å². The van der Waals surface area contributed by atoms with Crippen molar-refractivity contribution in [3.05, 3.63) is 17.5 Å². The second-order valence-corrected chi connectivity index (χ2v) is 5.68. The highest BCUT2D eigenvalue weighted by molar-refractivity contribution is 5.95. The molecule has 20 heavy (non-hydrogen) atoms. The summed E-state index contributed by atoms with van der Waals surface area (Å²) in [5.74, 6) is 0.128. The fourth-order valence-electron chi connectivity index (χ4n) is 3.02. The molecule has 2 unspecified atom stereocenters. The van der Waals surface area contributed by atoms with Gasteiger partial charge >= 0.3 is 0 Å². The minimum Gasteiger partial charge on any atom is -0.396 e. The summed E-state index contributed by atoms with van der Waals surface area (Å²) in [4.78, 5) is 12.4. The number of carbonyl (C=O) groups excluding carboxylic acids is 1. The van der Waals surface area contributed by atoms with E-state index in [0.29, 0.717) is 5.56 Å². The Bertz CT molecular complexity index is 456. The zero-order valence-corrected chi connectivity index (χ0v) is 12.4. The number of hydrogen-bond acceptors (Lipinski definition) is 3. The molecule has 2 atom stereocenters. The predicted molar refractivity (Wildman–Crippen MR) is 77.5 cm³/mol. The summed E-state index contributed by atoms with van der Waals surface area (Å²) in [5, 5.41) is 16.9. The highest BCUT2D eigenvalue weighted by atomic mass is 16.3. The monoisotopic (exact) mass is 279 g/mol. The Labute approximate surface area is 120 Å². The number of aryl methyl sites for hydroxylation is 2. The minimum absolute atomic E-state index is 0.0553. The maximum atomic E-state index is 12.4. The molecule has 1 amide bonds. The lowest BCUT2D eigenvalue weighted by atomic mass is 9.95. The first-order valence-electron chi connectivity index (χ1n) is 7.60. The molecule has 1 fully saturated rings. The largest absolute Gasteiger partial charge is 0.396 e. The van der Waals surface area contributed by atoms with Crippen molar-refractivity contribution in [1.82, 2.24) is 15.1 Å². The number of hydrogen-bond donors (Lipinski definition) is 2. The molecule has 112 valence electrons. The van der Waals surface area contributed by atoms with Crippen molar-refractivity contribution >= 4 is 5.91 Å². The molecule has 1 saturated carbocycles. The Balaban J connectivity index is 2.08. The van der Waals surface area contributed by atoms with Crippen LogP contribution in [0.3, 0.4) is 0 Å². The predicted octanol–water partition coefficient (Wildman–Crippen LogP) is 1.65. The number of aromatic nitrogens is 2. The van der Waals surface area contributed by atoms with Crippen molar-refractivity contribution in [2.24, 2.45) is 13.0 Å². The van der Waals surface area contributed by atoms with Crippen molar-refractivity contribution in [3.8, 4) is 0 Å². The zero-order valence-electron chi connectivity index (χ0n) is 12.4. The zero-order chi connectivity index (χ0) is 14.5. The SMILES string of the molecule is CCc1nn(C)cc1C(=O)NC1CCCCCC1CO. The van der Waals surface area contributed by atoms with Gasteiger partial charge < -0.3 is 10.4 Å². The van der Waals surface area contributed by atoms with Gasteiger partial charge in [-0.05, 0) is 19.3 Å². The van der Waals surface area contributed by atoms with Crippen LogP contribution < -0.4 is 5.32 Å². The molecular weight excluding hydrogens is 254 g/mol. The van der Waals surface area contributed by atoms with Crippen LogP contribution >= 0.6 is 0 Å². The number of carbonyl (C=O) groups is 1. The molecule has 5 heteroatoms. The second kappa shape index (κ2) is 6.88. The van der Waals surface area contributed by atoms with Gasteiger partial charge in [0.05, 0.1) is 11.3 Å². The molecule has 0 bridgehead atoms. The second-order valence-electron chi connectivity index (χ2n) is 5.68. The molecule has 1 aliphatic rings. The summed E-state index contributed by atoms with van der Waals surface area (Å²) in [7, 11) is 1.83. The summed E-state index contributed by atoms with van der Waals surface area (Å²) in [6.45, 7) is 2.15. The molecule has 1 aromatic heterocycles. The maximum Gasteiger partial charge on any atom is 0.254 e. The molecule has 1 heterocycles. The Morgan fingerprint density at radius 2 is 2.20 bits per heavy atom. The van der Waals surface area contributed by atoms with Crippen LogP contribution in [0.1, 0.15) is 55.1 Å². The van der Waals surface area contributed by atoms with Crippen LogP contribution in [0.5, 0.6) is 0 Å². The third kappa shape index (κ3) is 3.39. The maximum absolute atomic E-state index is 12.4. The normalized spacial score (nSPS) is 23.4. The summed E-state index contributed by atoms with van der Waals surface area (Å²) < 4.78 is 1.68. The fraction of sp³-hybridized carbons (Fsp3) is 0.733. The lowest BCUT2D eigenvalue weighted by Crippen LogP contribution is -2.41. The van der Waals surface area contributed by atoms with Crippen molar-refractivity contribution in [2.75, 3.05) is 6.61 Å². The number of amides is 1.